The van der Waals surface area contributed by atoms with Gasteiger partial charge in [0.05, 0.1) is 16.4 Å². The lowest BCUT2D eigenvalue weighted by Crippen LogP contribution is -2.73. The lowest BCUT2D eigenvalue weighted by molar-refractivity contribution is -0.152. The molecule has 0 bridgehead atoms. The standard InChI is InChI=1S/C21H23NO3S/c1-3-21(17-7-5-4-6-8-17)19(16-11-12-16)22(20(21)23)26(24,25)18-13-9-15(2)10-14-18/h4-10,13-14,16,19H,3,11-12H2,1-2H3/t19-,21+/m1/s1. The number of carbonyl (C=O) groups is 1. The number of benzene rings is 2. The number of hydrogen-bond acceptors (Lipinski definition) is 3. The molecule has 0 aromatic heterocycles. The number of hydrogen-bond donors (Lipinski definition) is 0. The summed E-state index contributed by atoms with van der Waals surface area (Å²) in [7, 11) is -3.83. The van der Waals surface area contributed by atoms with Crippen molar-refractivity contribution in [2.24, 2.45) is 5.92 Å². The van der Waals surface area contributed by atoms with Crippen LogP contribution in [0.15, 0.2) is 59.5 Å². The summed E-state index contributed by atoms with van der Waals surface area (Å²) in [6.07, 6.45) is 2.57. The highest BCUT2D eigenvalue weighted by Crippen LogP contribution is 2.55. The minimum absolute atomic E-state index is 0.194. The van der Waals surface area contributed by atoms with E-state index in [-0.39, 0.29) is 22.8 Å². The lowest BCUT2D eigenvalue weighted by Gasteiger charge is -2.55. The number of nitrogens with zero attached hydrogens (tertiary/aromatic N) is 1. The molecule has 1 saturated carbocycles. The van der Waals surface area contributed by atoms with Gasteiger partial charge in [0.1, 0.15) is 0 Å². The van der Waals surface area contributed by atoms with E-state index in [4.69, 9.17) is 0 Å². The predicted molar refractivity (Wildman–Crippen MR) is 100 cm³/mol. The molecule has 0 unspecified atom stereocenters. The van der Waals surface area contributed by atoms with E-state index in [1.54, 1.807) is 24.3 Å². The molecule has 1 aliphatic heterocycles. The summed E-state index contributed by atoms with van der Waals surface area (Å²) in [4.78, 5) is 13.5. The van der Waals surface area contributed by atoms with Crippen molar-refractivity contribution in [2.45, 2.75) is 49.5 Å². The van der Waals surface area contributed by atoms with E-state index in [2.05, 4.69) is 0 Å². The highest BCUT2D eigenvalue weighted by atomic mass is 32.2. The molecule has 2 aromatic carbocycles. The quantitative estimate of drug-likeness (QED) is 0.756. The van der Waals surface area contributed by atoms with E-state index < -0.39 is 15.4 Å². The molecule has 2 atom stereocenters. The predicted octanol–water partition coefficient (Wildman–Crippen LogP) is 3.65. The molecule has 2 aliphatic rings. The van der Waals surface area contributed by atoms with Crippen LogP contribution >= 0.6 is 0 Å². The van der Waals surface area contributed by atoms with Gasteiger partial charge in [-0.15, -0.1) is 0 Å². The van der Waals surface area contributed by atoms with E-state index in [1.165, 1.54) is 4.31 Å². The Balaban J connectivity index is 1.79. The van der Waals surface area contributed by atoms with Gasteiger partial charge in [-0.1, -0.05) is 55.0 Å². The van der Waals surface area contributed by atoms with Crippen LogP contribution in [0.25, 0.3) is 0 Å². The molecule has 4 nitrogen and oxygen atoms in total. The molecule has 1 saturated heterocycles. The van der Waals surface area contributed by atoms with Crippen molar-refractivity contribution < 1.29 is 13.2 Å². The van der Waals surface area contributed by atoms with Crippen molar-refractivity contribution in [3.63, 3.8) is 0 Å². The Bertz CT molecular complexity index is 933. The Morgan fingerprint density at radius 3 is 2.19 bits per heavy atom. The van der Waals surface area contributed by atoms with E-state index in [0.29, 0.717) is 6.42 Å². The summed E-state index contributed by atoms with van der Waals surface area (Å²) in [5, 5.41) is 0. The Morgan fingerprint density at radius 1 is 1.04 bits per heavy atom. The van der Waals surface area contributed by atoms with Gasteiger partial charge in [0.2, 0.25) is 5.91 Å². The molecule has 5 heteroatoms. The highest BCUT2D eigenvalue weighted by molar-refractivity contribution is 7.89. The van der Waals surface area contributed by atoms with Gasteiger partial charge in [-0.05, 0) is 49.8 Å². The Morgan fingerprint density at radius 2 is 1.65 bits per heavy atom. The van der Waals surface area contributed by atoms with Gasteiger partial charge in [0.15, 0.2) is 0 Å². The summed E-state index contributed by atoms with van der Waals surface area (Å²) in [6.45, 7) is 3.89. The van der Waals surface area contributed by atoms with Gasteiger partial charge in [-0.3, -0.25) is 4.79 Å². The maximum atomic E-state index is 13.3. The van der Waals surface area contributed by atoms with Crippen LogP contribution in [-0.2, 0) is 20.2 Å². The van der Waals surface area contributed by atoms with Crippen molar-refractivity contribution >= 4 is 15.9 Å². The third kappa shape index (κ3) is 2.33. The van der Waals surface area contributed by atoms with Gasteiger partial charge in [-0.2, -0.15) is 0 Å². The van der Waals surface area contributed by atoms with Crippen LogP contribution in [-0.4, -0.2) is 24.7 Å². The largest absolute Gasteiger partial charge is 0.273 e. The minimum Gasteiger partial charge on any atom is -0.273 e. The number of amides is 1. The van der Waals surface area contributed by atoms with Crippen LogP contribution in [0.2, 0.25) is 0 Å². The third-order valence-corrected chi connectivity index (χ3v) is 7.61. The molecule has 0 spiro atoms. The Labute approximate surface area is 154 Å². The van der Waals surface area contributed by atoms with E-state index in [0.717, 1.165) is 24.0 Å². The van der Waals surface area contributed by atoms with Crippen molar-refractivity contribution in [1.29, 1.82) is 0 Å². The minimum atomic E-state index is -3.83. The zero-order valence-electron chi connectivity index (χ0n) is 15.1. The molecule has 2 aromatic rings. The lowest BCUT2D eigenvalue weighted by atomic mass is 9.64. The van der Waals surface area contributed by atoms with E-state index >= 15 is 0 Å². The van der Waals surface area contributed by atoms with Crippen molar-refractivity contribution in [1.82, 2.24) is 4.31 Å². The van der Waals surface area contributed by atoms with E-state index in [9.17, 15) is 13.2 Å². The Kier molecular flexibility index (Phi) is 3.95. The number of carbonyl (C=O) groups excluding carboxylic acids is 1. The summed E-state index contributed by atoms with van der Waals surface area (Å²) >= 11 is 0. The monoisotopic (exact) mass is 369 g/mol. The highest BCUT2D eigenvalue weighted by Gasteiger charge is 2.68. The van der Waals surface area contributed by atoms with Crippen LogP contribution in [0.5, 0.6) is 0 Å². The first kappa shape index (κ1) is 17.3. The second kappa shape index (κ2) is 5.95. The zero-order valence-corrected chi connectivity index (χ0v) is 15.9. The molecule has 1 aliphatic carbocycles. The van der Waals surface area contributed by atoms with Gasteiger partial charge >= 0.3 is 0 Å². The molecule has 0 radical (unpaired) electrons. The summed E-state index contributed by atoms with van der Waals surface area (Å²) in [6, 6.07) is 16.1. The van der Waals surface area contributed by atoms with Crippen LogP contribution in [0.3, 0.4) is 0 Å². The molecule has 1 heterocycles. The van der Waals surface area contributed by atoms with Crippen molar-refractivity contribution in [3.8, 4) is 0 Å². The van der Waals surface area contributed by atoms with Gasteiger partial charge in [-0.25, -0.2) is 12.7 Å². The van der Waals surface area contributed by atoms with Gasteiger partial charge < -0.3 is 0 Å². The number of rotatable bonds is 5. The summed E-state index contributed by atoms with van der Waals surface area (Å²) in [5.41, 5.74) is 1.20. The average Bonchev–Trinajstić information content (AvgIpc) is 3.46. The summed E-state index contributed by atoms with van der Waals surface area (Å²) < 4.78 is 27.6. The first-order chi connectivity index (χ1) is 12.4. The average molecular weight is 369 g/mol. The number of sulfonamides is 1. The maximum absolute atomic E-state index is 13.3. The summed E-state index contributed by atoms with van der Waals surface area (Å²) in [5.74, 6) is -0.0308. The second-order valence-corrected chi connectivity index (χ2v) is 9.21. The molecule has 2 fully saturated rings. The van der Waals surface area contributed by atoms with Gasteiger partial charge in [0, 0.05) is 0 Å². The second-order valence-electron chi connectivity index (χ2n) is 7.39. The van der Waals surface area contributed by atoms with Crippen molar-refractivity contribution in [3.05, 3.63) is 65.7 Å². The van der Waals surface area contributed by atoms with Crippen LogP contribution < -0.4 is 0 Å². The first-order valence-electron chi connectivity index (χ1n) is 9.14. The Hall–Kier alpha value is -2.14. The fraction of sp³-hybridized carbons (Fsp3) is 0.381. The van der Waals surface area contributed by atoms with Crippen LogP contribution in [0.4, 0.5) is 0 Å². The third-order valence-electron chi connectivity index (χ3n) is 5.83. The van der Waals surface area contributed by atoms with Gasteiger partial charge in [0.25, 0.3) is 10.0 Å². The van der Waals surface area contributed by atoms with Crippen LogP contribution in [0.1, 0.15) is 37.3 Å². The molecule has 136 valence electrons. The van der Waals surface area contributed by atoms with Crippen LogP contribution in [0, 0.1) is 12.8 Å². The smallest absolute Gasteiger partial charge is 0.266 e. The molecule has 26 heavy (non-hydrogen) atoms. The first-order valence-corrected chi connectivity index (χ1v) is 10.6. The topological polar surface area (TPSA) is 54.5 Å². The fourth-order valence-electron chi connectivity index (χ4n) is 4.27. The maximum Gasteiger partial charge on any atom is 0.266 e. The molecular weight excluding hydrogens is 346 g/mol. The molecule has 1 amide bonds. The normalized spacial score (nSPS) is 25.8. The molecule has 0 N–H and O–H groups in total. The number of aryl methyl sites for hydroxylation is 1. The SMILES string of the molecule is CC[C@@]1(c2ccccc2)C(=O)N(S(=O)(=O)c2ccc(C)cc2)[C@@H]1C1CC1. The number of β-lactam (4-membered cyclic amide) rings is 1. The zero-order chi connectivity index (χ0) is 18.5. The van der Waals surface area contributed by atoms with Crippen molar-refractivity contribution in [2.75, 3.05) is 0 Å². The fourth-order valence-corrected chi connectivity index (χ4v) is 6.01. The molecule has 4 rings (SSSR count). The molecular formula is C21H23NO3S. The van der Waals surface area contributed by atoms with E-state index in [1.807, 2.05) is 44.2 Å².